The minimum absolute atomic E-state index is 0.674. The van der Waals surface area contributed by atoms with Crippen LogP contribution < -0.4 is 4.74 Å². The molecule has 1 fully saturated rings. The number of methoxy groups -OCH3 is 1. The van der Waals surface area contributed by atoms with Crippen molar-refractivity contribution >= 4 is 21.9 Å². The van der Waals surface area contributed by atoms with Crippen molar-refractivity contribution in [3.63, 3.8) is 0 Å². The summed E-state index contributed by atoms with van der Waals surface area (Å²) in [6.07, 6.45) is 2.34. The van der Waals surface area contributed by atoms with Crippen molar-refractivity contribution in [2.24, 2.45) is 0 Å². The molecule has 0 amide bonds. The van der Waals surface area contributed by atoms with E-state index in [0.717, 1.165) is 22.0 Å². The van der Waals surface area contributed by atoms with Crippen molar-refractivity contribution in [2.75, 3.05) is 7.11 Å². The number of hydrogen-bond donors (Lipinski definition) is 1. The number of hydrogen-bond acceptors (Lipinski definition) is 2. The molecule has 1 aliphatic rings. The second kappa shape index (κ2) is 4.33. The van der Waals surface area contributed by atoms with Gasteiger partial charge in [0.1, 0.15) is 5.75 Å². The molecule has 0 spiro atoms. The first-order valence-corrected chi connectivity index (χ1v) is 6.39. The highest BCUT2D eigenvalue weighted by Crippen LogP contribution is 2.49. The van der Waals surface area contributed by atoms with E-state index < -0.39 is 11.4 Å². The summed E-state index contributed by atoms with van der Waals surface area (Å²) in [6, 6.07) is 3.72. The number of ether oxygens (including phenoxy) is 1. The maximum Gasteiger partial charge on any atom is 0.314 e. The topological polar surface area (TPSA) is 46.5 Å². The maximum atomic E-state index is 11.6. The zero-order valence-electron chi connectivity index (χ0n) is 9.92. The summed E-state index contributed by atoms with van der Waals surface area (Å²) in [5, 5.41) is 9.50. The van der Waals surface area contributed by atoms with Crippen molar-refractivity contribution < 1.29 is 14.6 Å². The van der Waals surface area contributed by atoms with Gasteiger partial charge in [0.05, 0.1) is 12.5 Å². The van der Waals surface area contributed by atoms with E-state index in [2.05, 4.69) is 15.9 Å². The molecule has 3 nitrogen and oxygen atoms in total. The van der Waals surface area contributed by atoms with Gasteiger partial charge in [0.25, 0.3) is 0 Å². The fourth-order valence-corrected chi connectivity index (χ4v) is 2.86. The van der Waals surface area contributed by atoms with E-state index in [1.54, 1.807) is 7.11 Å². The summed E-state index contributed by atoms with van der Waals surface area (Å²) >= 11 is 3.46. The van der Waals surface area contributed by atoms with Crippen LogP contribution in [0.5, 0.6) is 5.75 Å². The van der Waals surface area contributed by atoms with E-state index in [-0.39, 0.29) is 0 Å². The normalized spacial score (nSPS) is 17.4. The van der Waals surface area contributed by atoms with Gasteiger partial charge in [-0.2, -0.15) is 0 Å². The minimum Gasteiger partial charge on any atom is -0.496 e. The van der Waals surface area contributed by atoms with Crippen molar-refractivity contribution in [1.29, 1.82) is 0 Å². The van der Waals surface area contributed by atoms with Crippen LogP contribution in [0.1, 0.15) is 30.4 Å². The summed E-state index contributed by atoms with van der Waals surface area (Å²) < 4.78 is 6.26. The molecule has 92 valence electrons. The van der Waals surface area contributed by atoms with Gasteiger partial charge in [-0.25, -0.2) is 0 Å². The third-order valence-corrected chi connectivity index (χ3v) is 4.53. The predicted octanol–water partition coefficient (Wildman–Crippen LogP) is 3.27. The molecular formula is C13H15BrO3. The van der Waals surface area contributed by atoms with E-state index in [4.69, 9.17) is 4.74 Å². The molecule has 0 aliphatic heterocycles. The predicted molar refractivity (Wildman–Crippen MR) is 68.6 cm³/mol. The zero-order chi connectivity index (χ0) is 12.6. The lowest BCUT2D eigenvalue weighted by molar-refractivity contribution is -0.147. The molecule has 2 rings (SSSR count). The summed E-state index contributed by atoms with van der Waals surface area (Å²) in [4.78, 5) is 11.6. The second-order valence-corrected chi connectivity index (χ2v) is 5.34. The molecule has 4 heteroatoms. The first-order chi connectivity index (χ1) is 8.03. The molecule has 1 aromatic rings. The Morgan fingerprint density at radius 2 is 2.12 bits per heavy atom. The highest BCUT2D eigenvalue weighted by molar-refractivity contribution is 9.10. The number of carboxylic acid groups (broad SMARTS) is 1. The molecule has 1 aliphatic carbocycles. The number of aliphatic carboxylic acids is 1. The number of carboxylic acids is 1. The highest BCUT2D eigenvalue weighted by Gasteiger charge is 2.48. The molecule has 0 bridgehead atoms. The minimum atomic E-state index is -0.751. The van der Waals surface area contributed by atoms with Crippen molar-refractivity contribution in [3.05, 3.63) is 27.7 Å². The number of carbonyl (C=O) groups is 1. The van der Waals surface area contributed by atoms with Crippen LogP contribution in [0.3, 0.4) is 0 Å². The Morgan fingerprint density at radius 1 is 1.47 bits per heavy atom. The third-order valence-electron chi connectivity index (χ3n) is 3.68. The van der Waals surface area contributed by atoms with Gasteiger partial charge in [0, 0.05) is 10.0 Å². The van der Waals surface area contributed by atoms with Crippen LogP contribution in [-0.4, -0.2) is 18.2 Å². The van der Waals surface area contributed by atoms with Gasteiger partial charge < -0.3 is 9.84 Å². The summed E-state index contributed by atoms with van der Waals surface area (Å²) in [6.45, 7) is 1.94. The molecule has 1 aromatic carbocycles. The summed E-state index contributed by atoms with van der Waals surface area (Å²) in [7, 11) is 1.58. The standard InChI is InChI=1S/C13H15BrO3/c1-8-9(14)4-5-10(17-2)11(8)13(12(15)16)6-3-7-13/h4-5H,3,6-7H2,1-2H3,(H,15,16). The molecule has 0 radical (unpaired) electrons. The van der Waals surface area contributed by atoms with Gasteiger partial charge in [0.15, 0.2) is 0 Å². The first-order valence-electron chi connectivity index (χ1n) is 5.60. The quantitative estimate of drug-likeness (QED) is 0.931. The Kier molecular flexibility index (Phi) is 3.17. The molecule has 0 unspecified atom stereocenters. The fourth-order valence-electron chi connectivity index (χ4n) is 2.53. The van der Waals surface area contributed by atoms with Gasteiger partial charge in [-0.05, 0) is 37.5 Å². The van der Waals surface area contributed by atoms with Crippen molar-refractivity contribution in [2.45, 2.75) is 31.6 Å². The monoisotopic (exact) mass is 298 g/mol. The Labute approximate surface area is 109 Å². The molecule has 1 N–H and O–H groups in total. The highest BCUT2D eigenvalue weighted by atomic mass is 79.9. The molecule has 17 heavy (non-hydrogen) atoms. The molecule has 0 aromatic heterocycles. The Morgan fingerprint density at radius 3 is 2.53 bits per heavy atom. The SMILES string of the molecule is COc1ccc(Br)c(C)c1C1(C(=O)O)CCC1. The molecule has 0 saturated heterocycles. The van der Waals surface area contributed by atoms with Crippen LogP contribution in [0.25, 0.3) is 0 Å². The summed E-state index contributed by atoms with van der Waals surface area (Å²) in [5.74, 6) is -0.0731. The van der Waals surface area contributed by atoms with E-state index in [9.17, 15) is 9.90 Å². The van der Waals surface area contributed by atoms with Crippen molar-refractivity contribution in [1.82, 2.24) is 0 Å². The number of halogens is 1. The van der Waals surface area contributed by atoms with Crippen LogP contribution in [0.2, 0.25) is 0 Å². The lowest BCUT2D eigenvalue weighted by atomic mass is 9.63. The van der Waals surface area contributed by atoms with Gasteiger partial charge in [-0.15, -0.1) is 0 Å². The molecule has 1 saturated carbocycles. The third kappa shape index (κ3) is 1.75. The van der Waals surface area contributed by atoms with Crippen LogP contribution in [0, 0.1) is 6.92 Å². The van der Waals surface area contributed by atoms with Gasteiger partial charge >= 0.3 is 5.97 Å². The van der Waals surface area contributed by atoms with E-state index in [1.165, 1.54) is 0 Å². The second-order valence-electron chi connectivity index (χ2n) is 4.49. The van der Waals surface area contributed by atoms with E-state index in [0.29, 0.717) is 18.6 Å². The van der Waals surface area contributed by atoms with Crippen molar-refractivity contribution in [3.8, 4) is 5.75 Å². The summed E-state index contributed by atoms with van der Waals surface area (Å²) in [5.41, 5.74) is 1.04. The maximum absolute atomic E-state index is 11.6. The van der Waals surface area contributed by atoms with Crippen LogP contribution in [-0.2, 0) is 10.2 Å². The Bertz CT molecular complexity index is 464. The average molecular weight is 299 g/mol. The van der Waals surface area contributed by atoms with Gasteiger partial charge in [0.2, 0.25) is 0 Å². The molecular weight excluding hydrogens is 284 g/mol. The fraction of sp³-hybridized carbons (Fsp3) is 0.462. The largest absolute Gasteiger partial charge is 0.496 e. The number of benzene rings is 1. The lowest BCUT2D eigenvalue weighted by Gasteiger charge is -2.40. The first kappa shape index (κ1) is 12.4. The van der Waals surface area contributed by atoms with Crippen LogP contribution in [0.15, 0.2) is 16.6 Å². The average Bonchev–Trinajstić information content (AvgIpc) is 2.22. The van der Waals surface area contributed by atoms with Crippen LogP contribution in [0.4, 0.5) is 0 Å². The van der Waals surface area contributed by atoms with E-state index >= 15 is 0 Å². The molecule has 0 heterocycles. The van der Waals surface area contributed by atoms with E-state index in [1.807, 2.05) is 19.1 Å². The van der Waals surface area contributed by atoms with Crippen LogP contribution >= 0.6 is 15.9 Å². The number of rotatable bonds is 3. The lowest BCUT2D eigenvalue weighted by Crippen LogP contribution is -2.43. The zero-order valence-corrected chi connectivity index (χ0v) is 11.5. The smallest absolute Gasteiger partial charge is 0.314 e. The Balaban J connectivity index is 2.64. The van der Waals surface area contributed by atoms with Gasteiger partial charge in [-0.3, -0.25) is 4.79 Å². The Hall–Kier alpha value is -1.03. The molecule has 0 atom stereocenters. The van der Waals surface area contributed by atoms with Gasteiger partial charge in [-0.1, -0.05) is 22.4 Å².